The molecule has 1 aliphatic carbocycles. The highest BCUT2D eigenvalue weighted by Gasteiger charge is 2.16. The Kier molecular flexibility index (Phi) is 3.88. The van der Waals surface area contributed by atoms with Crippen LogP contribution in [0.15, 0.2) is 29.8 Å². The molecule has 1 atom stereocenters. The number of rotatable bonds is 3. The zero-order chi connectivity index (χ0) is 12.3. The third-order valence-electron chi connectivity index (χ3n) is 3.60. The fourth-order valence-electron chi connectivity index (χ4n) is 2.70. The minimum absolute atomic E-state index is 0.416. The first-order chi connectivity index (χ1) is 8.20. The maximum absolute atomic E-state index is 10.1. The lowest BCUT2D eigenvalue weighted by Crippen LogP contribution is -2.02. The van der Waals surface area contributed by atoms with Gasteiger partial charge in [-0.3, -0.25) is 0 Å². The van der Waals surface area contributed by atoms with Crippen molar-refractivity contribution < 1.29 is 5.11 Å². The third kappa shape index (κ3) is 2.91. The summed E-state index contributed by atoms with van der Waals surface area (Å²) in [7, 11) is 0. The van der Waals surface area contributed by atoms with Crippen LogP contribution in [0.2, 0.25) is 0 Å². The molecule has 0 radical (unpaired) electrons. The van der Waals surface area contributed by atoms with Crippen LogP contribution in [0.1, 0.15) is 56.6 Å². The van der Waals surface area contributed by atoms with E-state index < -0.39 is 0 Å². The van der Waals surface area contributed by atoms with Crippen LogP contribution in [0.3, 0.4) is 0 Å². The molecular weight excluding hydrogens is 208 g/mol. The fourth-order valence-corrected chi connectivity index (χ4v) is 2.70. The number of phenols is 1. The van der Waals surface area contributed by atoms with Gasteiger partial charge < -0.3 is 5.11 Å². The van der Waals surface area contributed by atoms with Crippen LogP contribution < -0.4 is 0 Å². The lowest BCUT2D eigenvalue weighted by atomic mass is 9.85. The molecule has 0 bridgehead atoms. The molecule has 2 rings (SSSR count). The van der Waals surface area contributed by atoms with Crippen LogP contribution in [0.25, 0.3) is 0 Å². The van der Waals surface area contributed by atoms with Crippen LogP contribution in [-0.2, 0) is 6.42 Å². The zero-order valence-electron chi connectivity index (χ0n) is 10.9. The molecule has 0 saturated carbocycles. The summed E-state index contributed by atoms with van der Waals surface area (Å²) in [6, 6.07) is 6.22. The summed E-state index contributed by atoms with van der Waals surface area (Å²) in [4.78, 5) is 0. The van der Waals surface area contributed by atoms with Gasteiger partial charge in [-0.05, 0) is 44.2 Å². The molecule has 0 spiro atoms. The fraction of sp³-hybridized carbons (Fsp3) is 0.500. The Bertz CT molecular complexity index is 418. The minimum atomic E-state index is 0.416. The van der Waals surface area contributed by atoms with E-state index >= 15 is 0 Å². The van der Waals surface area contributed by atoms with E-state index in [-0.39, 0.29) is 0 Å². The highest BCUT2D eigenvalue weighted by molar-refractivity contribution is 5.41. The van der Waals surface area contributed by atoms with Crippen LogP contribution in [0.5, 0.6) is 5.75 Å². The Morgan fingerprint density at radius 3 is 2.82 bits per heavy atom. The van der Waals surface area contributed by atoms with E-state index in [2.05, 4.69) is 32.1 Å². The maximum Gasteiger partial charge on any atom is 0.119 e. The average molecular weight is 230 g/mol. The Morgan fingerprint density at radius 2 is 2.18 bits per heavy atom. The van der Waals surface area contributed by atoms with Gasteiger partial charge in [0.2, 0.25) is 0 Å². The second kappa shape index (κ2) is 5.39. The Balaban J connectivity index is 2.24. The molecule has 92 valence electrons. The van der Waals surface area contributed by atoms with Crippen molar-refractivity contribution >= 4 is 0 Å². The van der Waals surface area contributed by atoms with Gasteiger partial charge in [-0.25, -0.2) is 0 Å². The monoisotopic (exact) mass is 230 g/mol. The molecule has 17 heavy (non-hydrogen) atoms. The smallest absolute Gasteiger partial charge is 0.119 e. The van der Waals surface area contributed by atoms with Crippen molar-refractivity contribution in [1.29, 1.82) is 0 Å². The average Bonchev–Trinajstić information content (AvgIpc) is 2.29. The minimum Gasteiger partial charge on any atom is -0.508 e. The van der Waals surface area contributed by atoms with E-state index in [0.717, 1.165) is 24.8 Å². The number of aryl methyl sites for hydroxylation is 1. The SMILES string of the molecule is CCCc1ccc(C2C=C(C)CCC2)c(O)c1. The Labute approximate surface area is 104 Å². The van der Waals surface area contributed by atoms with E-state index in [1.165, 1.54) is 24.0 Å². The molecule has 0 amide bonds. The van der Waals surface area contributed by atoms with Gasteiger partial charge in [0.05, 0.1) is 0 Å². The van der Waals surface area contributed by atoms with Crippen molar-refractivity contribution in [1.82, 2.24) is 0 Å². The van der Waals surface area contributed by atoms with E-state index in [0.29, 0.717) is 11.7 Å². The summed E-state index contributed by atoms with van der Waals surface area (Å²) >= 11 is 0. The summed E-state index contributed by atoms with van der Waals surface area (Å²) in [5.41, 5.74) is 3.80. The van der Waals surface area contributed by atoms with Crippen molar-refractivity contribution in [3.8, 4) is 5.75 Å². The summed E-state index contributed by atoms with van der Waals surface area (Å²) < 4.78 is 0. The number of phenolic OH excluding ortho intramolecular Hbond substituents is 1. The van der Waals surface area contributed by atoms with Gasteiger partial charge in [-0.15, -0.1) is 0 Å². The highest BCUT2D eigenvalue weighted by atomic mass is 16.3. The van der Waals surface area contributed by atoms with Crippen molar-refractivity contribution in [3.05, 3.63) is 41.0 Å². The molecule has 1 nitrogen and oxygen atoms in total. The standard InChI is InChI=1S/C16H22O/c1-3-5-13-8-9-15(16(17)11-13)14-7-4-6-12(2)10-14/h8-11,14,17H,3-7H2,1-2H3. The van der Waals surface area contributed by atoms with Crippen molar-refractivity contribution in [2.24, 2.45) is 0 Å². The number of allylic oxidation sites excluding steroid dienone is 2. The highest BCUT2D eigenvalue weighted by Crippen LogP contribution is 2.35. The molecule has 0 aromatic heterocycles. The molecule has 1 aromatic carbocycles. The molecule has 1 aliphatic rings. The first-order valence-electron chi connectivity index (χ1n) is 6.69. The van der Waals surface area contributed by atoms with Crippen molar-refractivity contribution in [3.63, 3.8) is 0 Å². The van der Waals surface area contributed by atoms with E-state index in [1.807, 2.05) is 6.07 Å². The molecule has 0 saturated heterocycles. The third-order valence-corrected chi connectivity index (χ3v) is 3.60. The lowest BCUT2D eigenvalue weighted by molar-refractivity contribution is 0.460. The molecule has 1 unspecified atom stereocenters. The topological polar surface area (TPSA) is 20.2 Å². The summed E-state index contributed by atoms with van der Waals surface area (Å²) in [6.45, 7) is 4.35. The summed E-state index contributed by atoms with van der Waals surface area (Å²) in [6.07, 6.45) is 8.11. The van der Waals surface area contributed by atoms with Crippen molar-refractivity contribution in [2.75, 3.05) is 0 Å². The normalized spacial score (nSPS) is 20.1. The second-order valence-electron chi connectivity index (χ2n) is 5.15. The van der Waals surface area contributed by atoms with Crippen LogP contribution in [-0.4, -0.2) is 5.11 Å². The Hall–Kier alpha value is -1.24. The summed E-state index contributed by atoms with van der Waals surface area (Å²) in [5, 5.41) is 10.1. The van der Waals surface area contributed by atoms with Gasteiger partial charge in [-0.2, -0.15) is 0 Å². The zero-order valence-corrected chi connectivity index (χ0v) is 10.9. The first-order valence-corrected chi connectivity index (χ1v) is 6.69. The number of hydrogen-bond donors (Lipinski definition) is 1. The van der Waals surface area contributed by atoms with Gasteiger partial charge >= 0.3 is 0 Å². The van der Waals surface area contributed by atoms with E-state index in [1.54, 1.807) is 0 Å². The predicted molar refractivity (Wildman–Crippen MR) is 72.5 cm³/mol. The largest absolute Gasteiger partial charge is 0.508 e. The van der Waals surface area contributed by atoms with Crippen LogP contribution in [0, 0.1) is 0 Å². The van der Waals surface area contributed by atoms with E-state index in [4.69, 9.17) is 0 Å². The second-order valence-corrected chi connectivity index (χ2v) is 5.15. The van der Waals surface area contributed by atoms with Gasteiger partial charge in [-0.1, -0.05) is 37.1 Å². The molecule has 1 heteroatoms. The molecular formula is C16H22O. The molecule has 0 aliphatic heterocycles. The predicted octanol–water partition coefficient (Wildman–Crippen LogP) is 4.56. The molecule has 1 aromatic rings. The van der Waals surface area contributed by atoms with Gasteiger partial charge in [0.1, 0.15) is 5.75 Å². The van der Waals surface area contributed by atoms with Gasteiger partial charge in [0.25, 0.3) is 0 Å². The number of benzene rings is 1. The summed E-state index contributed by atoms with van der Waals surface area (Å²) in [5.74, 6) is 0.895. The molecule has 0 heterocycles. The molecule has 0 fully saturated rings. The van der Waals surface area contributed by atoms with Crippen LogP contribution >= 0.6 is 0 Å². The number of aromatic hydroxyl groups is 1. The quantitative estimate of drug-likeness (QED) is 0.755. The van der Waals surface area contributed by atoms with E-state index in [9.17, 15) is 5.11 Å². The van der Waals surface area contributed by atoms with Crippen LogP contribution in [0.4, 0.5) is 0 Å². The van der Waals surface area contributed by atoms with Gasteiger partial charge in [0.15, 0.2) is 0 Å². The first kappa shape index (κ1) is 12.2. The number of hydrogen-bond acceptors (Lipinski definition) is 1. The lowest BCUT2D eigenvalue weighted by Gasteiger charge is -2.21. The van der Waals surface area contributed by atoms with Crippen molar-refractivity contribution in [2.45, 2.75) is 51.9 Å². The maximum atomic E-state index is 10.1. The Morgan fingerprint density at radius 1 is 1.35 bits per heavy atom. The molecule has 1 N–H and O–H groups in total. The van der Waals surface area contributed by atoms with Gasteiger partial charge in [0, 0.05) is 11.5 Å².